The van der Waals surface area contributed by atoms with Gasteiger partial charge in [0.05, 0.1) is 25.4 Å². The number of aromatic amines is 1. The van der Waals surface area contributed by atoms with Crippen LogP contribution < -0.4 is 15.1 Å². The highest BCUT2D eigenvalue weighted by Crippen LogP contribution is 2.18. The number of benzene rings is 1. The van der Waals surface area contributed by atoms with Gasteiger partial charge in [-0.3, -0.25) is 4.79 Å². The van der Waals surface area contributed by atoms with Gasteiger partial charge in [-0.25, -0.2) is 0 Å². The SMILES string of the molecule is CCOc1ccc2[nH]c(C)c(C[NH+]3CCOCC3)c(=O)c2c1. The first kappa shape index (κ1) is 15.1. The smallest absolute Gasteiger partial charge is 0.198 e. The number of aryl methyl sites for hydroxylation is 1. The summed E-state index contributed by atoms with van der Waals surface area (Å²) in [6, 6.07) is 5.66. The Hall–Kier alpha value is -1.85. The molecule has 1 aromatic carbocycles. The van der Waals surface area contributed by atoms with Gasteiger partial charge in [0.2, 0.25) is 0 Å². The number of hydrogen-bond donors (Lipinski definition) is 2. The van der Waals surface area contributed by atoms with E-state index in [4.69, 9.17) is 9.47 Å². The molecule has 2 N–H and O–H groups in total. The van der Waals surface area contributed by atoms with Crippen LogP contribution in [0.3, 0.4) is 0 Å². The lowest BCUT2D eigenvalue weighted by Gasteiger charge is -2.24. The first-order valence-electron chi connectivity index (χ1n) is 7.88. The van der Waals surface area contributed by atoms with E-state index in [2.05, 4.69) is 4.98 Å². The Morgan fingerprint density at radius 3 is 2.82 bits per heavy atom. The molecule has 5 nitrogen and oxygen atoms in total. The predicted octanol–water partition coefficient (Wildman–Crippen LogP) is 0.650. The van der Waals surface area contributed by atoms with E-state index in [1.807, 2.05) is 32.0 Å². The summed E-state index contributed by atoms with van der Waals surface area (Å²) in [4.78, 5) is 17.6. The third-order valence-electron chi connectivity index (χ3n) is 4.22. The molecule has 1 aromatic heterocycles. The Labute approximate surface area is 129 Å². The van der Waals surface area contributed by atoms with Crippen molar-refractivity contribution >= 4 is 10.9 Å². The molecule has 0 amide bonds. The molecule has 22 heavy (non-hydrogen) atoms. The third kappa shape index (κ3) is 3.00. The van der Waals surface area contributed by atoms with E-state index in [0.717, 1.165) is 55.4 Å². The summed E-state index contributed by atoms with van der Waals surface area (Å²) in [7, 11) is 0. The summed E-state index contributed by atoms with van der Waals surface area (Å²) < 4.78 is 10.9. The molecule has 2 heterocycles. The minimum atomic E-state index is 0.117. The van der Waals surface area contributed by atoms with E-state index in [0.29, 0.717) is 12.0 Å². The monoisotopic (exact) mass is 303 g/mol. The molecule has 1 saturated heterocycles. The standard InChI is InChI=1S/C17H22N2O3/c1-3-22-13-4-5-16-14(10-13)17(20)15(12(2)18-16)11-19-6-8-21-9-7-19/h4-5,10H,3,6-9,11H2,1-2H3,(H,18,20)/p+1. The van der Waals surface area contributed by atoms with E-state index < -0.39 is 0 Å². The van der Waals surface area contributed by atoms with Crippen LogP contribution in [0.2, 0.25) is 0 Å². The Morgan fingerprint density at radius 2 is 2.09 bits per heavy atom. The van der Waals surface area contributed by atoms with Gasteiger partial charge >= 0.3 is 0 Å². The Balaban J connectivity index is 1.99. The summed E-state index contributed by atoms with van der Waals surface area (Å²) in [6.07, 6.45) is 0. The lowest BCUT2D eigenvalue weighted by Crippen LogP contribution is -3.13. The van der Waals surface area contributed by atoms with Crippen molar-refractivity contribution in [3.8, 4) is 5.75 Å². The van der Waals surface area contributed by atoms with Crippen molar-refractivity contribution in [2.24, 2.45) is 0 Å². The lowest BCUT2D eigenvalue weighted by molar-refractivity contribution is -0.921. The first-order chi connectivity index (χ1) is 10.7. The van der Waals surface area contributed by atoms with Gasteiger partial charge in [-0.1, -0.05) is 0 Å². The van der Waals surface area contributed by atoms with Crippen LogP contribution >= 0.6 is 0 Å². The normalized spacial score (nSPS) is 16.1. The summed E-state index contributed by atoms with van der Waals surface area (Å²) in [5.41, 5.74) is 2.82. The fraction of sp³-hybridized carbons (Fsp3) is 0.471. The molecule has 0 bridgehead atoms. The number of aromatic nitrogens is 1. The Morgan fingerprint density at radius 1 is 1.32 bits per heavy atom. The fourth-order valence-electron chi connectivity index (χ4n) is 2.99. The van der Waals surface area contributed by atoms with Gasteiger partial charge in [-0.05, 0) is 32.0 Å². The second-order valence-corrected chi connectivity index (χ2v) is 5.74. The summed E-state index contributed by atoms with van der Waals surface area (Å²) in [5.74, 6) is 0.744. The highest BCUT2D eigenvalue weighted by Gasteiger charge is 2.19. The van der Waals surface area contributed by atoms with Crippen molar-refractivity contribution in [1.29, 1.82) is 0 Å². The number of ether oxygens (including phenoxy) is 2. The molecular weight excluding hydrogens is 280 g/mol. The van der Waals surface area contributed by atoms with E-state index in [1.165, 1.54) is 4.90 Å². The van der Waals surface area contributed by atoms with Crippen LogP contribution in [-0.2, 0) is 11.3 Å². The highest BCUT2D eigenvalue weighted by atomic mass is 16.5. The topological polar surface area (TPSA) is 55.8 Å². The van der Waals surface area contributed by atoms with E-state index in [9.17, 15) is 4.79 Å². The van der Waals surface area contributed by atoms with E-state index in [1.54, 1.807) is 0 Å². The van der Waals surface area contributed by atoms with Crippen LogP contribution in [0.15, 0.2) is 23.0 Å². The van der Waals surface area contributed by atoms with Crippen molar-refractivity contribution in [1.82, 2.24) is 4.98 Å². The lowest BCUT2D eigenvalue weighted by atomic mass is 10.1. The minimum absolute atomic E-state index is 0.117. The van der Waals surface area contributed by atoms with Gasteiger partial charge < -0.3 is 19.4 Å². The van der Waals surface area contributed by atoms with Crippen molar-refractivity contribution < 1.29 is 14.4 Å². The quantitative estimate of drug-likeness (QED) is 0.872. The van der Waals surface area contributed by atoms with Crippen LogP contribution in [-0.4, -0.2) is 37.9 Å². The van der Waals surface area contributed by atoms with Gasteiger partial charge in [0.25, 0.3) is 0 Å². The Kier molecular flexibility index (Phi) is 4.45. The maximum Gasteiger partial charge on any atom is 0.198 e. The van der Waals surface area contributed by atoms with E-state index >= 15 is 0 Å². The number of quaternary nitrogens is 1. The molecule has 0 unspecified atom stereocenters. The van der Waals surface area contributed by atoms with Gasteiger partial charge in [0.1, 0.15) is 25.4 Å². The van der Waals surface area contributed by atoms with Crippen molar-refractivity contribution in [2.45, 2.75) is 20.4 Å². The summed E-state index contributed by atoms with van der Waals surface area (Å²) in [5, 5.41) is 0.708. The van der Waals surface area contributed by atoms with Gasteiger partial charge in [-0.2, -0.15) is 0 Å². The fourth-order valence-corrected chi connectivity index (χ4v) is 2.99. The number of fused-ring (bicyclic) bond motifs is 1. The molecule has 0 spiro atoms. The van der Waals surface area contributed by atoms with Gasteiger partial charge in [-0.15, -0.1) is 0 Å². The molecule has 1 fully saturated rings. The number of nitrogens with one attached hydrogen (secondary N) is 2. The molecule has 1 aliphatic rings. The zero-order valence-electron chi connectivity index (χ0n) is 13.2. The largest absolute Gasteiger partial charge is 0.494 e. The predicted molar refractivity (Wildman–Crippen MR) is 85.7 cm³/mol. The average Bonchev–Trinajstić information content (AvgIpc) is 2.53. The van der Waals surface area contributed by atoms with E-state index in [-0.39, 0.29) is 5.43 Å². The van der Waals surface area contributed by atoms with Crippen LogP contribution in [0, 0.1) is 6.92 Å². The van der Waals surface area contributed by atoms with Crippen LogP contribution in [0.1, 0.15) is 18.2 Å². The molecule has 0 atom stereocenters. The number of hydrogen-bond acceptors (Lipinski definition) is 3. The third-order valence-corrected chi connectivity index (χ3v) is 4.22. The second kappa shape index (κ2) is 6.50. The van der Waals surface area contributed by atoms with Gasteiger partial charge in [0.15, 0.2) is 5.43 Å². The molecule has 0 radical (unpaired) electrons. The molecule has 0 aliphatic carbocycles. The molecule has 1 aliphatic heterocycles. The molecule has 118 valence electrons. The molecule has 0 saturated carbocycles. The summed E-state index contributed by atoms with van der Waals surface area (Å²) in [6.45, 7) is 8.72. The number of rotatable bonds is 4. The maximum atomic E-state index is 12.9. The van der Waals surface area contributed by atoms with Crippen molar-refractivity contribution in [3.63, 3.8) is 0 Å². The van der Waals surface area contributed by atoms with Crippen LogP contribution in [0.25, 0.3) is 10.9 Å². The summed E-state index contributed by atoms with van der Waals surface area (Å²) >= 11 is 0. The number of H-pyrrole nitrogens is 1. The number of pyridine rings is 1. The van der Waals surface area contributed by atoms with Crippen molar-refractivity contribution in [3.05, 3.63) is 39.7 Å². The van der Waals surface area contributed by atoms with Crippen LogP contribution in [0.4, 0.5) is 0 Å². The molecule has 5 heteroatoms. The first-order valence-corrected chi connectivity index (χ1v) is 7.88. The average molecular weight is 303 g/mol. The minimum Gasteiger partial charge on any atom is -0.494 e. The second-order valence-electron chi connectivity index (χ2n) is 5.74. The van der Waals surface area contributed by atoms with Crippen molar-refractivity contribution in [2.75, 3.05) is 32.9 Å². The molecular formula is C17H23N2O3+. The maximum absolute atomic E-state index is 12.9. The Bertz CT molecular complexity index is 718. The van der Waals surface area contributed by atoms with Crippen LogP contribution in [0.5, 0.6) is 5.75 Å². The zero-order chi connectivity index (χ0) is 15.5. The number of morpholine rings is 1. The highest BCUT2D eigenvalue weighted by molar-refractivity contribution is 5.81. The van der Waals surface area contributed by atoms with Gasteiger partial charge in [0, 0.05) is 16.6 Å². The zero-order valence-corrected chi connectivity index (χ0v) is 13.2. The molecule has 2 aromatic rings. The molecule has 3 rings (SSSR count).